The Morgan fingerprint density at radius 1 is 1.35 bits per heavy atom. The minimum absolute atomic E-state index is 0.447. The average Bonchev–Trinajstić information content (AvgIpc) is 2.90. The average molecular weight is 232 g/mol. The van der Waals surface area contributed by atoms with Gasteiger partial charge in [0.1, 0.15) is 5.82 Å². The molecule has 1 aromatic heterocycles. The summed E-state index contributed by atoms with van der Waals surface area (Å²) in [5, 5.41) is 3.47. The minimum atomic E-state index is 0.447. The molecule has 17 heavy (non-hydrogen) atoms. The van der Waals surface area contributed by atoms with Crippen LogP contribution in [0.25, 0.3) is 0 Å². The van der Waals surface area contributed by atoms with Crippen LogP contribution < -0.4 is 10.2 Å². The van der Waals surface area contributed by atoms with Crippen LogP contribution >= 0.6 is 0 Å². The van der Waals surface area contributed by atoms with E-state index in [9.17, 15) is 0 Å². The summed E-state index contributed by atoms with van der Waals surface area (Å²) in [5.74, 6) is 2.31. The van der Waals surface area contributed by atoms with Crippen molar-refractivity contribution in [3.05, 3.63) is 18.1 Å². The second-order valence-corrected chi connectivity index (χ2v) is 5.42. The summed E-state index contributed by atoms with van der Waals surface area (Å²) in [4.78, 5) is 11.5. The van der Waals surface area contributed by atoms with E-state index >= 15 is 0 Å². The predicted octanol–water partition coefficient (Wildman–Crippen LogP) is 1.40. The van der Waals surface area contributed by atoms with E-state index in [1.807, 2.05) is 12.4 Å². The molecule has 0 aliphatic carbocycles. The lowest BCUT2D eigenvalue weighted by molar-refractivity contribution is 0.577. The van der Waals surface area contributed by atoms with Crippen LogP contribution in [-0.2, 0) is 0 Å². The van der Waals surface area contributed by atoms with E-state index < -0.39 is 0 Å². The van der Waals surface area contributed by atoms with Crippen molar-refractivity contribution in [2.24, 2.45) is 5.92 Å². The monoisotopic (exact) mass is 232 g/mol. The maximum absolute atomic E-state index is 4.75. The fourth-order valence-corrected chi connectivity index (χ4v) is 2.92. The summed E-state index contributed by atoms with van der Waals surface area (Å²) in [6, 6.07) is 0.631. The molecule has 2 saturated heterocycles. The van der Waals surface area contributed by atoms with Crippen LogP contribution in [0.3, 0.4) is 0 Å². The number of hydrogen-bond acceptors (Lipinski definition) is 4. The largest absolute Gasteiger partial charge is 0.351 e. The Bertz CT molecular complexity index is 404. The lowest BCUT2D eigenvalue weighted by Gasteiger charge is -2.24. The molecule has 3 heterocycles. The molecular formula is C13H20N4. The highest BCUT2D eigenvalue weighted by Gasteiger charge is 2.38. The van der Waals surface area contributed by atoms with E-state index in [1.165, 1.54) is 13.0 Å². The van der Waals surface area contributed by atoms with E-state index in [-0.39, 0.29) is 0 Å². The first-order valence-electron chi connectivity index (χ1n) is 6.55. The normalized spacial score (nSPS) is 27.8. The second kappa shape index (κ2) is 4.26. The number of rotatable bonds is 2. The van der Waals surface area contributed by atoms with Crippen molar-refractivity contribution in [1.82, 2.24) is 15.3 Å². The maximum atomic E-state index is 4.75. The quantitative estimate of drug-likeness (QED) is 0.837. The van der Waals surface area contributed by atoms with Crippen LogP contribution in [0.5, 0.6) is 0 Å². The Kier molecular flexibility index (Phi) is 2.74. The fraction of sp³-hybridized carbons (Fsp3) is 0.692. The third kappa shape index (κ3) is 1.90. The minimum Gasteiger partial charge on any atom is -0.351 e. The van der Waals surface area contributed by atoms with Gasteiger partial charge >= 0.3 is 0 Å². The van der Waals surface area contributed by atoms with Gasteiger partial charge < -0.3 is 10.2 Å². The third-order valence-corrected chi connectivity index (χ3v) is 3.97. The summed E-state index contributed by atoms with van der Waals surface area (Å²) in [6.45, 7) is 7.72. The van der Waals surface area contributed by atoms with E-state index in [1.54, 1.807) is 0 Å². The Morgan fingerprint density at radius 3 is 3.06 bits per heavy atom. The number of nitrogens with zero attached hydrogens (tertiary/aromatic N) is 3. The van der Waals surface area contributed by atoms with Gasteiger partial charge in [0.05, 0.1) is 11.9 Å². The highest BCUT2D eigenvalue weighted by Crippen LogP contribution is 2.30. The van der Waals surface area contributed by atoms with Gasteiger partial charge in [-0.3, -0.25) is 4.98 Å². The smallest absolute Gasteiger partial charge is 0.147 e. The first kappa shape index (κ1) is 11.0. The third-order valence-electron chi connectivity index (χ3n) is 3.97. The van der Waals surface area contributed by atoms with Crippen molar-refractivity contribution in [2.45, 2.75) is 32.2 Å². The van der Waals surface area contributed by atoms with E-state index in [2.05, 4.69) is 29.0 Å². The first-order valence-corrected chi connectivity index (χ1v) is 6.55. The zero-order chi connectivity index (χ0) is 11.8. The molecule has 0 amide bonds. The predicted molar refractivity (Wildman–Crippen MR) is 68.2 cm³/mol. The molecule has 0 bridgehead atoms. The fourth-order valence-electron chi connectivity index (χ4n) is 2.92. The molecule has 3 rings (SSSR count). The van der Waals surface area contributed by atoms with Crippen molar-refractivity contribution >= 4 is 5.82 Å². The van der Waals surface area contributed by atoms with Gasteiger partial charge in [-0.15, -0.1) is 0 Å². The molecule has 2 fully saturated rings. The number of fused-ring (bicyclic) bond motifs is 1. The van der Waals surface area contributed by atoms with Crippen molar-refractivity contribution in [3.63, 3.8) is 0 Å². The van der Waals surface area contributed by atoms with Crippen LogP contribution in [0.2, 0.25) is 0 Å². The number of nitrogens with one attached hydrogen (secondary N) is 1. The molecule has 1 N–H and O–H groups in total. The van der Waals surface area contributed by atoms with E-state index in [4.69, 9.17) is 4.98 Å². The standard InChI is InChI=1S/C13H20N4/c1-9(2)11-6-15-8-13(16-11)17-4-3-10-5-14-7-12(10)17/h6,8-10,12,14H,3-5,7H2,1-2H3/t10-,12-/m0/s1. The molecule has 2 atom stereocenters. The molecule has 4 nitrogen and oxygen atoms in total. The van der Waals surface area contributed by atoms with E-state index in [0.29, 0.717) is 12.0 Å². The highest BCUT2D eigenvalue weighted by atomic mass is 15.3. The van der Waals surface area contributed by atoms with Gasteiger partial charge in [0, 0.05) is 31.9 Å². The molecule has 92 valence electrons. The Labute approximate surface area is 102 Å². The lowest BCUT2D eigenvalue weighted by atomic mass is 10.1. The number of hydrogen-bond donors (Lipinski definition) is 1. The van der Waals surface area contributed by atoms with Crippen LogP contribution in [0.4, 0.5) is 5.82 Å². The summed E-state index contributed by atoms with van der Waals surface area (Å²) < 4.78 is 0. The van der Waals surface area contributed by atoms with Crippen molar-refractivity contribution in [1.29, 1.82) is 0 Å². The lowest BCUT2D eigenvalue weighted by Crippen LogP contribution is -2.34. The topological polar surface area (TPSA) is 41.1 Å². The summed E-state index contributed by atoms with van der Waals surface area (Å²) in [6.07, 6.45) is 5.08. The molecule has 0 unspecified atom stereocenters. The molecule has 4 heteroatoms. The Morgan fingerprint density at radius 2 is 2.24 bits per heavy atom. The van der Waals surface area contributed by atoms with Gasteiger partial charge in [-0.25, -0.2) is 4.98 Å². The zero-order valence-electron chi connectivity index (χ0n) is 10.6. The van der Waals surface area contributed by atoms with Gasteiger partial charge in [-0.2, -0.15) is 0 Å². The van der Waals surface area contributed by atoms with Crippen LogP contribution in [0, 0.1) is 5.92 Å². The number of anilines is 1. The second-order valence-electron chi connectivity index (χ2n) is 5.42. The van der Waals surface area contributed by atoms with Gasteiger partial charge in [0.25, 0.3) is 0 Å². The zero-order valence-corrected chi connectivity index (χ0v) is 10.6. The van der Waals surface area contributed by atoms with Crippen molar-refractivity contribution < 1.29 is 0 Å². The summed E-state index contributed by atoms with van der Waals surface area (Å²) >= 11 is 0. The van der Waals surface area contributed by atoms with Gasteiger partial charge in [0.2, 0.25) is 0 Å². The summed E-state index contributed by atoms with van der Waals surface area (Å²) in [5.41, 5.74) is 1.09. The molecule has 1 aromatic rings. The van der Waals surface area contributed by atoms with Crippen molar-refractivity contribution in [2.75, 3.05) is 24.5 Å². The van der Waals surface area contributed by atoms with Crippen LogP contribution in [-0.4, -0.2) is 35.6 Å². The highest BCUT2D eigenvalue weighted by molar-refractivity contribution is 5.41. The molecule has 2 aliphatic rings. The molecule has 0 aromatic carbocycles. The van der Waals surface area contributed by atoms with Crippen molar-refractivity contribution in [3.8, 4) is 0 Å². The number of aromatic nitrogens is 2. The van der Waals surface area contributed by atoms with Gasteiger partial charge in [0.15, 0.2) is 0 Å². The SMILES string of the molecule is CC(C)c1cncc(N2CC[C@H]3CNC[C@@H]32)n1. The van der Waals surface area contributed by atoms with Gasteiger partial charge in [-0.1, -0.05) is 13.8 Å². The van der Waals surface area contributed by atoms with Crippen LogP contribution in [0.15, 0.2) is 12.4 Å². The Hall–Kier alpha value is -1.16. The molecule has 0 radical (unpaired) electrons. The molecule has 0 saturated carbocycles. The van der Waals surface area contributed by atoms with E-state index in [0.717, 1.165) is 30.5 Å². The van der Waals surface area contributed by atoms with Crippen LogP contribution in [0.1, 0.15) is 31.9 Å². The molecule has 2 aliphatic heterocycles. The molecule has 0 spiro atoms. The Balaban J connectivity index is 1.86. The maximum Gasteiger partial charge on any atom is 0.147 e. The molecular weight excluding hydrogens is 212 g/mol. The van der Waals surface area contributed by atoms with Gasteiger partial charge in [-0.05, 0) is 18.3 Å². The first-order chi connectivity index (χ1) is 8.25. The summed E-state index contributed by atoms with van der Waals surface area (Å²) in [7, 11) is 0.